The molecule has 6 nitrogen and oxygen atoms in total. The molecule has 0 fully saturated rings. The number of hydrogen-bond donors (Lipinski definition) is 1. The summed E-state index contributed by atoms with van der Waals surface area (Å²) in [6, 6.07) is 13.7. The van der Waals surface area contributed by atoms with Crippen LogP contribution in [0.4, 0.5) is 0 Å². The molecule has 7 heteroatoms. The molecule has 1 N–H and O–H groups in total. The van der Waals surface area contributed by atoms with Crippen LogP contribution in [0.2, 0.25) is 0 Å². The van der Waals surface area contributed by atoms with Gasteiger partial charge in [-0.2, -0.15) is 5.26 Å². The molecule has 1 amide bonds. The van der Waals surface area contributed by atoms with Gasteiger partial charge in [0.25, 0.3) is 5.56 Å². The van der Waals surface area contributed by atoms with E-state index in [1.54, 1.807) is 14.0 Å². The zero-order valence-electron chi connectivity index (χ0n) is 16.3. The average Bonchev–Trinajstić information content (AvgIpc) is 2.68. The van der Waals surface area contributed by atoms with E-state index in [2.05, 4.69) is 16.4 Å². The third kappa shape index (κ3) is 3.73. The quantitative estimate of drug-likeness (QED) is 0.408. The van der Waals surface area contributed by atoms with Gasteiger partial charge in [0.1, 0.15) is 5.54 Å². The molecule has 0 aliphatic rings. The number of carbonyl (C=O) groups excluding carboxylic acids is 1. The Morgan fingerprint density at radius 1 is 1.32 bits per heavy atom. The molecule has 1 aromatic heterocycles. The van der Waals surface area contributed by atoms with Crippen molar-refractivity contribution in [2.24, 2.45) is 13.0 Å². The van der Waals surface area contributed by atoms with Crippen LogP contribution in [0.25, 0.3) is 21.7 Å². The maximum absolute atomic E-state index is 12.8. The third-order valence-electron chi connectivity index (χ3n) is 5.02. The second-order valence-electron chi connectivity index (χ2n) is 7.28. The van der Waals surface area contributed by atoms with Gasteiger partial charge in [0.05, 0.1) is 22.7 Å². The van der Waals surface area contributed by atoms with Gasteiger partial charge in [-0.1, -0.05) is 49.9 Å². The highest BCUT2D eigenvalue weighted by Crippen LogP contribution is 2.22. The van der Waals surface area contributed by atoms with Gasteiger partial charge in [-0.3, -0.25) is 14.2 Å². The molecule has 0 saturated heterocycles. The summed E-state index contributed by atoms with van der Waals surface area (Å²) in [7, 11) is 1.65. The molecule has 28 heavy (non-hydrogen) atoms. The number of nitrogens with zero attached hydrogens (tertiary/aromatic N) is 3. The summed E-state index contributed by atoms with van der Waals surface area (Å²) >= 11 is 1.18. The highest BCUT2D eigenvalue weighted by molar-refractivity contribution is 7.99. The fourth-order valence-corrected chi connectivity index (χ4v) is 3.60. The molecule has 144 valence electrons. The number of fused-ring (bicyclic) bond motifs is 2. The molecule has 0 bridgehead atoms. The SMILES string of the molecule is CC(C)[C@](C)(C#N)NC(=O)CSc1nc2cc3ccccc3cc2c(=O)n1C. The first-order chi connectivity index (χ1) is 13.2. The predicted molar refractivity (Wildman–Crippen MR) is 112 cm³/mol. The second kappa shape index (κ2) is 7.64. The molecule has 1 heterocycles. The van der Waals surface area contributed by atoms with E-state index in [9.17, 15) is 14.9 Å². The van der Waals surface area contributed by atoms with Crippen molar-refractivity contribution < 1.29 is 4.79 Å². The van der Waals surface area contributed by atoms with Crippen molar-refractivity contribution in [1.29, 1.82) is 5.26 Å². The van der Waals surface area contributed by atoms with Crippen molar-refractivity contribution in [2.45, 2.75) is 31.5 Å². The van der Waals surface area contributed by atoms with E-state index >= 15 is 0 Å². The van der Waals surface area contributed by atoms with Gasteiger partial charge >= 0.3 is 0 Å². The normalized spacial score (nSPS) is 13.4. The molecule has 0 unspecified atom stereocenters. The van der Waals surface area contributed by atoms with Gasteiger partial charge in [-0.05, 0) is 35.7 Å². The lowest BCUT2D eigenvalue weighted by Gasteiger charge is -2.27. The van der Waals surface area contributed by atoms with E-state index in [1.165, 1.54) is 16.3 Å². The molecule has 0 spiro atoms. The van der Waals surface area contributed by atoms with Crippen LogP contribution in [0.3, 0.4) is 0 Å². The summed E-state index contributed by atoms with van der Waals surface area (Å²) in [5.74, 6) is -0.220. The van der Waals surface area contributed by atoms with E-state index in [1.807, 2.05) is 50.2 Å². The number of carbonyl (C=O) groups is 1. The first-order valence-corrected chi connectivity index (χ1v) is 9.98. The Bertz CT molecular complexity index is 1160. The van der Waals surface area contributed by atoms with Gasteiger partial charge < -0.3 is 5.32 Å². The van der Waals surface area contributed by atoms with Crippen molar-refractivity contribution in [3.05, 3.63) is 46.8 Å². The molecular formula is C21H22N4O2S. The molecule has 0 saturated carbocycles. The summed E-state index contributed by atoms with van der Waals surface area (Å²) in [4.78, 5) is 29.7. The van der Waals surface area contributed by atoms with Gasteiger partial charge in [-0.15, -0.1) is 0 Å². The van der Waals surface area contributed by atoms with E-state index in [4.69, 9.17) is 0 Å². The Kier molecular flexibility index (Phi) is 5.43. The first-order valence-electron chi connectivity index (χ1n) is 9.00. The molecule has 1 atom stereocenters. The number of thioether (sulfide) groups is 1. The molecule has 3 rings (SSSR count). The average molecular weight is 395 g/mol. The number of nitriles is 1. The Labute approximate surface area is 167 Å². The lowest BCUT2D eigenvalue weighted by atomic mass is 9.90. The van der Waals surface area contributed by atoms with E-state index < -0.39 is 5.54 Å². The van der Waals surface area contributed by atoms with Crippen LogP contribution in [-0.2, 0) is 11.8 Å². The van der Waals surface area contributed by atoms with E-state index in [0.717, 1.165) is 10.8 Å². The molecule has 3 aromatic rings. The number of nitrogens with one attached hydrogen (secondary N) is 1. The summed E-state index contributed by atoms with van der Waals surface area (Å²) in [6.07, 6.45) is 0. The summed E-state index contributed by atoms with van der Waals surface area (Å²) in [5, 5.41) is 15.1. The van der Waals surface area contributed by atoms with Gasteiger partial charge in [0.15, 0.2) is 5.16 Å². The summed E-state index contributed by atoms with van der Waals surface area (Å²) < 4.78 is 1.46. The monoisotopic (exact) mass is 394 g/mol. The van der Waals surface area contributed by atoms with Gasteiger partial charge in [0, 0.05) is 7.05 Å². The van der Waals surface area contributed by atoms with Crippen LogP contribution in [0, 0.1) is 17.2 Å². The number of rotatable bonds is 5. The molecule has 0 aliphatic carbocycles. The minimum atomic E-state index is -0.931. The lowest BCUT2D eigenvalue weighted by molar-refractivity contribution is -0.120. The van der Waals surface area contributed by atoms with Crippen molar-refractivity contribution in [2.75, 3.05) is 5.75 Å². The van der Waals surface area contributed by atoms with Crippen LogP contribution in [-0.4, -0.2) is 26.8 Å². The number of aromatic nitrogens is 2. The first kappa shape index (κ1) is 19.9. The minimum Gasteiger partial charge on any atom is -0.337 e. The smallest absolute Gasteiger partial charge is 0.261 e. The van der Waals surface area contributed by atoms with Gasteiger partial charge in [0.2, 0.25) is 5.91 Å². The third-order valence-corrected chi connectivity index (χ3v) is 6.05. The Balaban J connectivity index is 1.88. The topological polar surface area (TPSA) is 87.8 Å². The van der Waals surface area contributed by atoms with Crippen LogP contribution >= 0.6 is 11.8 Å². The predicted octanol–water partition coefficient (Wildman–Crippen LogP) is 3.23. The zero-order valence-corrected chi connectivity index (χ0v) is 17.1. The maximum Gasteiger partial charge on any atom is 0.261 e. The fraction of sp³-hybridized carbons (Fsp3) is 0.333. The molecule has 0 radical (unpaired) electrons. The van der Waals surface area contributed by atoms with Crippen molar-refractivity contribution in [3.8, 4) is 6.07 Å². The van der Waals surface area contributed by atoms with Crippen LogP contribution in [0.5, 0.6) is 0 Å². The number of amides is 1. The van der Waals surface area contributed by atoms with Crippen LogP contribution < -0.4 is 10.9 Å². The van der Waals surface area contributed by atoms with Crippen molar-refractivity contribution >= 4 is 39.3 Å². The maximum atomic E-state index is 12.8. The standard InChI is InChI=1S/C21H22N4O2S/c1-13(2)21(3,12-22)24-18(26)11-28-20-23-17-10-15-8-6-5-7-14(15)9-16(17)19(27)25(20)4/h5-10,13H,11H2,1-4H3,(H,24,26)/t21-/m0/s1. The zero-order chi connectivity index (χ0) is 20.5. The molecule has 0 aliphatic heterocycles. The Morgan fingerprint density at radius 3 is 2.57 bits per heavy atom. The largest absolute Gasteiger partial charge is 0.337 e. The van der Waals surface area contributed by atoms with Crippen molar-refractivity contribution in [1.82, 2.24) is 14.9 Å². The Hall–Kier alpha value is -2.85. The Morgan fingerprint density at radius 2 is 1.96 bits per heavy atom. The van der Waals surface area contributed by atoms with Gasteiger partial charge in [-0.25, -0.2) is 4.98 Å². The fourth-order valence-electron chi connectivity index (χ4n) is 2.82. The minimum absolute atomic E-state index is 0.0251. The van der Waals surface area contributed by atoms with Crippen LogP contribution in [0.1, 0.15) is 20.8 Å². The summed E-state index contributed by atoms with van der Waals surface area (Å²) in [6.45, 7) is 5.47. The number of hydrogen-bond acceptors (Lipinski definition) is 5. The molecule has 2 aromatic carbocycles. The second-order valence-corrected chi connectivity index (χ2v) is 8.22. The lowest BCUT2D eigenvalue weighted by Crippen LogP contribution is -2.49. The number of benzene rings is 2. The highest BCUT2D eigenvalue weighted by atomic mass is 32.2. The van der Waals surface area contributed by atoms with E-state index in [-0.39, 0.29) is 23.1 Å². The van der Waals surface area contributed by atoms with Crippen LogP contribution in [0.15, 0.2) is 46.3 Å². The van der Waals surface area contributed by atoms with E-state index in [0.29, 0.717) is 16.1 Å². The van der Waals surface area contributed by atoms with Crippen molar-refractivity contribution in [3.63, 3.8) is 0 Å². The highest BCUT2D eigenvalue weighted by Gasteiger charge is 2.30. The summed E-state index contributed by atoms with van der Waals surface area (Å²) in [5.41, 5.74) is -0.476. The molecular weight excluding hydrogens is 372 g/mol.